The maximum Gasteiger partial charge on any atom is 0.519 e. The maximum atomic E-state index is 11.3. The zero-order chi connectivity index (χ0) is 11.2. The van der Waals surface area contributed by atoms with Crippen LogP contribution in [0.25, 0.3) is 0 Å². The first-order valence-electron chi connectivity index (χ1n) is 4.84. The van der Waals surface area contributed by atoms with Crippen molar-refractivity contribution >= 4 is 18.6 Å². The number of carbonyl (C=O) groups is 1. The van der Waals surface area contributed by atoms with Crippen LogP contribution in [0.4, 0.5) is 4.79 Å². The van der Waals surface area contributed by atoms with E-state index in [4.69, 9.17) is 9.47 Å². The highest BCUT2D eigenvalue weighted by Gasteiger charge is 2.06. The number of para-hydroxylation sites is 2. The van der Waals surface area contributed by atoms with Gasteiger partial charge in [-0.1, -0.05) is 36.4 Å². The SMILES string of the molecule is Cl.O=C(Oc1ccccc1)Oc1ccccc1. The summed E-state index contributed by atoms with van der Waals surface area (Å²) in [6, 6.07) is 17.6. The molecule has 0 spiro atoms. The quantitative estimate of drug-likeness (QED) is 0.602. The van der Waals surface area contributed by atoms with Gasteiger partial charge < -0.3 is 9.47 Å². The highest BCUT2D eigenvalue weighted by atomic mass is 35.5. The molecule has 0 saturated carbocycles. The van der Waals surface area contributed by atoms with Gasteiger partial charge in [-0.3, -0.25) is 0 Å². The summed E-state index contributed by atoms with van der Waals surface area (Å²) in [5.74, 6) is 0.923. The highest BCUT2D eigenvalue weighted by molar-refractivity contribution is 5.85. The van der Waals surface area contributed by atoms with E-state index in [-0.39, 0.29) is 12.4 Å². The van der Waals surface area contributed by atoms with E-state index in [0.29, 0.717) is 11.5 Å². The normalized spacial score (nSPS) is 8.94. The molecule has 2 rings (SSSR count). The highest BCUT2D eigenvalue weighted by Crippen LogP contribution is 2.12. The Kier molecular flexibility index (Phi) is 5.04. The summed E-state index contributed by atoms with van der Waals surface area (Å²) in [5.41, 5.74) is 0. The monoisotopic (exact) mass is 250 g/mol. The fourth-order valence-corrected chi connectivity index (χ4v) is 1.19. The molecule has 4 heteroatoms. The molecule has 0 aliphatic rings. The van der Waals surface area contributed by atoms with Crippen molar-refractivity contribution < 1.29 is 14.3 Å². The first-order chi connectivity index (χ1) is 7.84. The first kappa shape index (κ1) is 13.1. The predicted molar refractivity (Wildman–Crippen MR) is 66.8 cm³/mol. The molecule has 2 aromatic carbocycles. The van der Waals surface area contributed by atoms with Gasteiger partial charge in [-0.25, -0.2) is 4.79 Å². The molecule has 0 amide bonds. The van der Waals surface area contributed by atoms with E-state index in [1.165, 1.54) is 0 Å². The van der Waals surface area contributed by atoms with Crippen LogP contribution in [0.1, 0.15) is 0 Å². The number of ether oxygens (including phenoxy) is 2. The Hall–Kier alpha value is -2.00. The zero-order valence-electron chi connectivity index (χ0n) is 8.91. The summed E-state index contributed by atoms with van der Waals surface area (Å²) in [6.07, 6.45) is -0.739. The first-order valence-corrected chi connectivity index (χ1v) is 4.84. The van der Waals surface area contributed by atoms with E-state index in [0.717, 1.165) is 0 Å². The van der Waals surface area contributed by atoms with Gasteiger partial charge in [0.05, 0.1) is 0 Å². The summed E-state index contributed by atoms with van der Waals surface area (Å²) in [4.78, 5) is 11.3. The van der Waals surface area contributed by atoms with Gasteiger partial charge in [0.1, 0.15) is 11.5 Å². The molecule has 0 aromatic heterocycles. The number of carbonyl (C=O) groups excluding carboxylic acids is 1. The fourth-order valence-electron chi connectivity index (χ4n) is 1.19. The number of benzene rings is 2. The Labute approximate surface area is 105 Å². The van der Waals surface area contributed by atoms with Crippen molar-refractivity contribution in [3.05, 3.63) is 60.7 Å². The minimum atomic E-state index is -0.739. The minimum absolute atomic E-state index is 0. The van der Waals surface area contributed by atoms with Gasteiger partial charge in [0.2, 0.25) is 0 Å². The molecule has 0 aliphatic heterocycles. The van der Waals surface area contributed by atoms with Crippen LogP contribution in [0.3, 0.4) is 0 Å². The lowest BCUT2D eigenvalue weighted by Crippen LogP contribution is -2.13. The molecule has 17 heavy (non-hydrogen) atoms. The summed E-state index contributed by atoms with van der Waals surface area (Å²) < 4.78 is 9.91. The predicted octanol–water partition coefficient (Wildman–Crippen LogP) is 3.69. The maximum absolute atomic E-state index is 11.3. The van der Waals surface area contributed by atoms with Crippen LogP contribution < -0.4 is 9.47 Å². The second-order valence-electron chi connectivity index (χ2n) is 3.08. The van der Waals surface area contributed by atoms with Crippen LogP contribution in [0.5, 0.6) is 11.5 Å². The molecule has 0 fully saturated rings. The number of rotatable bonds is 2. The van der Waals surface area contributed by atoms with Crippen molar-refractivity contribution in [2.75, 3.05) is 0 Å². The number of halogens is 1. The average Bonchev–Trinajstić information content (AvgIpc) is 2.31. The number of hydrogen-bond acceptors (Lipinski definition) is 3. The van der Waals surface area contributed by atoms with Gasteiger partial charge in [0.25, 0.3) is 0 Å². The Morgan fingerprint density at radius 2 is 1.06 bits per heavy atom. The van der Waals surface area contributed by atoms with Crippen LogP contribution in [0.15, 0.2) is 60.7 Å². The van der Waals surface area contributed by atoms with Gasteiger partial charge in [-0.2, -0.15) is 0 Å². The Bertz CT molecular complexity index is 413. The minimum Gasteiger partial charge on any atom is -0.395 e. The molecule has 0 N–H and O–H groups in total. The van der Waals surface area contributed by atoms with Crippen LogP contribution in [0.2, 0.25) is 0 Å². The van der Waals surface area contributed by atoms with Crippen LogP contribution >= 0.6 is 12.4 Å². The molecule has 0 unspecified atom stereocenters. The summed E-state index contributed by atoms with van der Waals surface area (Å²) in [5, 5.41) is 0. The molecule has 0 bridgehead atoms. The topological polar surface area (TPSA) is 35.5 Å². The molecule has 0 aliphatic carbocycles. The Morgan fingerprint density at radius 1 is 0.706 bits per heavy atom. The van der Waals surface area contributed by atoms with Crippen LogP contribution in [-0.2, 0) is 0 Å². The molecule has 3 nitrogen and oxygen atoms in total. The lowest BCUT2D eigenvalue weighted by Gasteiger charge is -2.04. The summed E-state index contributed by atoms with van der Waals surface area (Å²) >= 11 is 0. The molecular weight excluding hydrogens is 240 g/mol. The standard InChI is InChI=1S/C13H10O3.ClH/c14-13(15-11-7-3-1-4-8-11)16-12-9-5-2-6-10-12;/h1-10H;1H. The van der Waals surface area contributed by atoms with Gasteiger partial charge in [-0.15, -0.1) is 12.4 Å². The van der Waals surface area contributed by atoms with E-state index in [1.807, 2.05) is 12.1 Å². The molecule has 0 saturated heterocycles. The average molecular weight is 251 g/mol. The van der Waals surface area contributed by atoms with E-state index in [2.05, 4.69) is 0 Å². The van der Waals surface area contributed by atoms with Crippen LogP contribution in [0, 0.1) is 0 Å². The molecule has 2 aromatic rings. The van der Waals surface area contributed by atoms with Crippen molar-refractivity contribution in [3.8, 4) is 11.5 Å². The van der Waals surface area contributed by atoms with Crippen molar-refractivity contribution in [1.82, 2.24) is 0 Å². The third kappa shape index (κ3) is 4.17. The fraction of sp³-hybridized carbons (Fsp3) is 0. The zero-order valence-corrected chi connectivity index (χ0v) is 9.72. The third-order valence-corrected chi connectivity index (χ3v) is 1.89. The van der Waals surface area contributed by atoms with Gasteiger partial charge in [0, 0.05) is 0 Å². The van der Waals surface area contributed by atoms with E-state index in [1.54, 1.807) is 48.5 Å². The van der Waals surface area contributed by atoms with Crippen LogP contribution in [-0.4, -0.2) is 6.16 Å². The lowest BCUT2D eigenvalue weighted by molar-refractivity contribution is 0.152. The second kappa shape index (κ2) is 6.55. The molecule has 88 valence electrons. The smallest absolute Gasteiger partial charge is 0.395 e. The molecule has 0 heterocycles. The lowest BCUT2D eigenvalue weighted by atomic mass is 10.3. The molecule has 0 atom stereocenters. The Morgan fingerprint density at radius 3 is 1.41 bits per heavy atom. The van der Waals surface area contributed by atoms with Gasteiger partial charge in [-0.05, 0) is 24.3 Å². The van der Waals surface area contributed by atoms with Crippen molar-refractivity contribution in [3.63, 3.8) is 0 Å². The molecular formula is C13H11ClO3. The second-order valence-corrected chi connectivity index (χ2v) is 3.08. The van der Waals surface area contributed by atoms with Gasteiger partial charge >= 0.3 is 6.16 Å². The van der Waals surface area contributed by atoms with Crippen molar-refractivity contribution in [1.29, 1.82) is 0 Å². The summed E-state index contributed by atoms with van der Waals surface area (Å²) in [6.45, 7) is 0. The van der Waals surface area contributed by atoms with Crippen molar-refractivity contribution in [2.45, 2.75) is 0 Å². The Balaban J connectivity index is 0.00000144. The summed E-state index contributed by atoms with van der Waals surface area (Å²) in [7, 11) is 0. The largest absolute Gasteiger partial charge is 0.519 e. The van der Waals surface area contributed by atoms with E-state index in [9.17, 15) is 4.79 Å². The third-order valence-electron chi connectivity index (χ3n) is 1.89. The molecule has 0 radical (unpaired) electrons. The van der Waals surface area contributed by atoms with E-state index < -0.39 is 6.16 Å². The number of hydrogen-bond donors (Lipinski definition) is 0. The van der Waals surface area contributed by atoms with Crippen molar-refractivity contribution in [2.24, 2.45) is 0 Å². The van der Waals surface area contributed by atoms with E-state index >= 15 is 0 Å². The van der Waals surface area contributed by atoms with Gasteiger partial charge in [0.15, 0.2) is 0 Å².